The number of hydrogen-bond acceptors (Lipinski definition) is 2. The number of nitrogens with zero attached hydrogens (tertiary/aromatic N) is 2. The lowest BCUT2D eigenvalue weighted by Gasteiger charge is -2.10. The van der Waals surface area contributed by atoms with Gasteiger partial charge in [-0.25, -0.2) is 0 Å². The van der Waals surface area contributed by atoms with E-state index in [4.69, 9.17) is 17.3 Å². The van der Waals surface area contributed by atoms with E-state index < -0.39 is 0 Å². The monoisotopic (exact) mass is 275 g/mol. The first kappa shape index (κ1) is 12.5. The van der Waals surface area contributed by atoms with Gasteiger partial charge in [-0.1, -0.05) is 30.7 Å². The Balaban J connectivity index is 2.13. The topological polar surface area (TPSA) is 43.8 Å². The van der Waals surface area contributed by atoms with E-state index in [1.165, 1.54) is 12.8 Å². The van der Waals surface area contributed by atoms with Crippen LogP contribution in [0.5, 0.6) is 0 Å². The van der Waals surface area contributed by atoms with Crippen LogP contribution in [0, 0.1) is 5.92 Å². The molecule has 0 radical (unpaired) electrons. The number of rotatable bonds is 3. The first-order valence-electron chi connectivity index (χ1n) is 6.66. The number of halogens is 1. The highest BCUT2D eigenvalue weighted by Gasteiger charge is 2.33. The lowest BCUT2D eigenvalue weighted by atomic mass is 9.95. The Morgan fingerprint density at radius 2 is 2.16 bits per heavy atom. The normalized spacial score (nSPS) is 16.6. The minimum absolute atomic E-state index is 0.456. The van der Waals surface area contributed by atoms with Crippen LogP contribution in [0.25, 0.3) is 11.1 Å². The highest BCUT2D eigenvalue weighted by molar-refractivity contribution is 6.30. The summed E-state index contributed by atoms with van der Waals surface area (Å²) in [6.45, 7) is 2.24. The predicted molar refractivity (Wildman–Crippen MR) is 79.2 cm³/mol. The fourth-order valence-electron chi connectivity index (χ4n) is 2.64. The smallest absolute Gasteiger partial charge is 0.129 e. The van der Waals surface area contributed by atoms with Crippen LogP contribution < -0.4 is 5.73 Å². The zero-order valence-corrected chi connectivity index (χ0v) is 12.0. The summed E-state index contributed by atoms with van der Waals surface area (Å²) in [4.78, 5) is 0. The summed E-state index contributed by atoms with van der Waals surface area (Å²) in [7, 11) is 1.90. The molecule has 0 spiro atoms. The van der Waals surface area contributed by atoms with Crippen molar-refractivity contribution in [2.24, 2.45) is 13.0 Å². The Kier molecular flexibility index (Phi) is 3.02. The van der Waals surface area contributed by atoms with Gasteiger partial charge in [0.1, 0.15) is 5.82 Å². The molecule has 2 N–H and O–H groups in total. The maximum Gasteiger partial charge on any atom is 0.129 e. The Labute approximate surface area is 118 Å². The first-order chi connectivity index (χ1) is 9.08. The molecule has 1 aromatic carbocycles. The van der Waals surface area contributed by atoms with Gasteiger partial charge in [-0.05, 0) is 36.5 Å². The summed E-state index contributed by atoms with van der Waals surface area (Å²) in [6.07, 6.45) is 2.60. The fraction of sp³-hybridized carbons (Fsp3) is 0.400. The van der Waals surface area contributed by atoms with E-state index in [2.05, 4.69) is 12.0 Å². The Hall–Kier alpha value is -1.48. The van der Waals surface area contributed by atoms with E-state index in [0.717, 1.165) is 27.8 Å². The molecule has 0 amide bonds. The standard InChI is InChI=1S/C15H18ClN3/c1-9(10-6-7-10)14-13(15(17)19(2)18-14)11-4-3-5-12(16)8-11/h3-5,8-10H,6-7,17H2,1-2H3. The van der Waals surface area contributed by atoms with Crippen molar-refractivity contribution in [2.45, 2.75) is 25.7 Å². The van der Waals surface area contributed by atoms with E-state index in [1.807, 2.05) is 31.3 Å². The molecule has 1 fully saturated rings. The van der Waals surface area contributed by atoms with Crippen LogP contribution in [-0.2, 0) is 7.05 Å². The van der Waals surface area contributed by atoms with Crippen molar-refractivity contribution in [1.29, 1.82) is 0 Å². The number of hydrogen-bond donors (Lipinski definition) is 1. The quantitative estimate of drug-likeness (QED) is 0.925. The molecule has 1 unspecified atom stereocenters. The van der Waals surface area contributed by atoms with Crippen LogP contribution in [0.1, 0.15) is 31.4 Å². The molecular weight excluding hydrogens is 258 g/mol. The zero-order valence-electron chi connectivity index (χ0n) is 11.2. The molecule has 1 aliphatic rings. The molecule has 4 heteroatoms. The highest BCUT2D eigenvalue weighted by Crippen LogP contribution is 2.45. The lowest BCUT2D eigenvalue weighted by molar-refractivity contribution is 0.622. The number of nitrogen functional groups attached to an aromatic ring is 1. The minimum atomic E-state index is 0.456. The maximum absolute atomic E-state index is 6.20. The Morgan fingerprint density at radius 1 is 1.42 bits per heavy atom. The summed E-state index contributed by atoms with van der Waals surface area (Å²) in [5.41, 5.74) is 9.40. The summed E-state index contributed by atoms with van der Waals surface area (Å²) in [5, 5.41) is 5.35. The van der Waals surface area contributed by atoms with Crippen LogP contribution >= 0.6 is 11.6 Å². The molecule has 0 bridgehead atoms. The number of aryl methyl sites for hydroxylation is 1. The van der Waals surface area contributed by atoms with Crippen molar-refractivity contribution in [1.82, 2.24) is 9.78 Å². The van der Waals surface area contributed by atoms with Crippen molar-refractivity contribution in [3.05, 3.63) is 35.0 Å². The second-order valence-electron chi connectivity index (χ2n) is 5.41. The van der Waals surface area contributed by atoms with Crippen LogP contribution in [0.3, 0.4) is 0 Å². The van der Waals surface area contributed by atoms with Gasteiger partial charge in [-0.2, -0.15) is 5.10 Å². The predicted octanol–water partition coefficient (Wildman–Crippen LogP) is 3.84. The molecule has 0 saturated heterocycles. The molecule has 19 heavy (non-hydrogen) atoms. The zero-order chi connectivity index (χ0) is 13.6. The van der Waals surface area contributed by atoms with Gasteiger partial charge in [-0.3, -0.25) is 4.68 Å². The number of aromatic nitrogens is 2. The summed E-state index contributed by atoms with van der Waals surface area (Å²) >= 11 is 6.09. The number of benzene rings is 1. The molecule has 1 heterocycles. The maximum atomic E-state index is 6.20. The Morgan fingerprint density at radius 3 is 2.79 bits per heavy atom. The van der Waals surface area contributed by atoms with Gasteiger partial charge in [0, 0.05) is 23.6 Å². The summed E-state index contributed by atoms with van der Waals surface area (Å²) < 4.78 is 1.77. The average molecular weight is 276 g/mol. The largest absolute Gasteiger partial charge is 0.383 e. The highest BCUT2D eigenvalue weighted by atomic mass is 35.5. The van der Waals surface area contributed by atoms with Gasteiger partial charge in [0.2, 0.25) is 0 Å². The van der Waals surface area contributed by atoms with E-state index in [-0.39, 0.29) is 0 Å². The second kappa shape index (κ2) is 4.57. The molecule has 3 rings (SSSR count). The van der Waals surface area contributed by atoms with Crippen molar-refractivity contribution < 1.29 is 0 Å². The van der Waals surface area contributed by atoms with Gasteiger partial charge in [0.05, 0.1) is 5.69 Å². The lowest BCUT2D eigenvalue weighted by Crippen LogP contribution is -2.00. The SMILES string of the molecule is CC(c1nn(C)c(N)c1-c1cccc(Cl)c1)C1CC1. The van der Waals surface area contributed by atoms with Gasteiger partial charge in [0.15, 0.2) is 0 Å². The summed E-state index contributed by atoms with van der Waals surface area (Å²) in [5.74, 6) is 1.93. The first-order valence-corrected chi connectivity index (χ1v) is 7.04. The average Bonchev–Trinajstić information content (AvgIpc) is 3.17. The molecule has 3 nitrogen and oxygen atoms in total. The molecule has 1 atom stereocenters. The van der Waals surface area contributed by atoms with Crippen molar-refractivity contribution >= 4 is 17.4 Å². The second-order valence-corrected chi connectivity index (χ2v) is 5.84. The van der Waals surface area contributed by atoms with Gasteiger partial charge >= 0.3 is 0 Å². The Bertz CT molecular complexity index is 614. The van der Waals surface area contributed by atoms with Crippen LogP contribution in [0.2, 0.25) is 5.02 Å². The van der Waals surface area contributed by atoms with E-state index in [0.29, 0.717) is 11.7 Å². The van der Waals surface area contributed by atoms with Crippen molar-refractivity contribution in [2.75, 3.05) is 5.73 Å². The third-order valence-electron chi connectivity index (χ3n) is 3.99. The molecular formula is C15H18ClN3. The third kappa shape index (κ3) is 2.23. The molecule has 100 valence electrons. The molecule has 2 aromatic rings. The summed E-state index contributed by atoms with van der Waals surface area (Å²) in [6, 6.07) is 7.83. The number of nitrogens with two attached hydrogens (primary N) is 1. The van der Waals surface area contributed by atoms with Gasteiger partial charge < -0.3 is 5.73 Å². The van der Waals surface area contributed by atoms with E-state index >= 15 is 0 Å². The molecule has 1 aromatic heterocycles. The molecule has 0 aliphatic heterocycles. The van der Waals surface area contributed by atoms with Crippen LogP contribution in [0.15, 0.2) is 24.3 Å². The van der Waals surface area contributed by atoms with Gasteiger partial charge in [0.25, 0.3) is 0 Å². The molecule has 1 saturated carbocycles. The van der Waals surface area contributed by atoms with E-state index in [9.17, 15) is 0 Å². The van der Waals surface area contributed by atoms with E-state index in [1.54, 1.807) is 4.68 Å². The van der Waals surface area contributed by atoms with Crippen molar-refractivity contribution in [3.63, 3.8) is 0 Å². The van der Waals surface area contributed by atoms with Gasteiger partial charge in [-0.15, -0.1) is 0 Å². The van der Waals surface area contributed by atoms with Crippen LogP contribution in [0.4, 0.5) is 5.82 Å². The fourth-order valence-corrected chi connectivity index (χ4v) is 2.83. The minimum Gasteiger partial charge on any atom is -0.383 e. The molecule has 1 aliphatic carbocycles. The van der Waals surface area contributed by atoms with Crippen molar-refractivity contribution in [3.8, 4) is 11.1 Å². The van der Waals surface area contributed by atoms with Crippen LogP contribution in [-0.4, -0.2) is 9.78 Å². The third-order valence-corrected chi connectivity index (χ3v) is 4.23. The number of anilines is 1.